The van der Waals surface area contributed by atoms with Crippen LogP contribution in [-0.2, 0) is 23.7 Å². The summed E-state index contributed by atoms with van der Waals surface area (Å²) in [6.07, 6.45) is -0.0902. The average Bonchev–Trinajstić information content (AvgIpc) is 2.42. The van der Waals surface area contributed by atoms with Crippen molar-refractivity contribution in [3.63, 3.8) is 0 Å². The molecule has 23 heavy (non-hydrogen) atoms. The maximum absolute atomic E-state index is 12.0. The molecule has 0 fully saturated rings. The second kappa shape index (κ2) is 11.0. The number of nitrogens with one attached hydrogen (secondary N) is 1. The first kappa shape index (κ1) is 21.4. The molecule has 0 aromatic rings. The molecule has 0 rings (SSSR count). The highest BCUT2D eigenvalue weighted by Gasteiger charge is 2.29. The number of amides is 1. The van der Waals surface area contributed by atoms with Crippen molar-refractivity contribution in [3.8, 4) is 0 Å². The van der Waals surface area contributed by atoms with E-state index in [9.17, 15) is 9.59 Å². The van der Waals surface area contributed by atoms with Crippen LogP contribution >= 0.6 is 0 Å². The van der Waals surface area contributed by atoms with Crippen molar-refractivity contribution in [1.82, 2.24) is 5.32 Å². The molecule has 1 amide bonds. The molecule has 0 aromatic heterocycles. The van der Waals surface area contributed by atoms with Gasteiger partial charge < -0.3 is 24.3 Å². The molecule has 7 nitrogen and oxygen atoms in total. The first-order valence-electron chi connectivity index (χ1n) is 7.72. The minimum atomic E-state index is -0.770. The fraction of sp³-hybridized carbons (Fsp3) is 0.750. The molecular weight excluding hydrogens is 302 g/mol. The number of ether oxygens (including phenoxy) is 4. The fourth-order valence-electron chi connectivity index (χ4n) is 1.71. The fourth-order valence-corrected chi connectivity index (χ4v) is 1.71. The number of esters is 1. The first-order valence-corrected chi connectivity index (χ1v) is 7.72. The van der Waals surface area contributed by atoms with Gasteiger partial charge in [-0.05, 0) is 34.6 Å². The van der Waals surface area contributed by atoms with E-state index in [2.05, 4.69) is 11.9 Å². The van der Waals surface area contributed by atoms with Gasteiger partial charge in [0.15, 0.2) is 6.29 Å². The van der Waals surface area contributed by atoms with Crippen molar-refractivity contribution in [3.05, 3.63) is 12.7 Å². The van der Waals surface area contributed by atoms with Crippen LogP contribution in [0, 0.1) is 0 Å². The monoisotopic (exact) mass is 331 g/mol. The van der Waals surface area contributed by atoms with Crippen molar-refractivity contribution in [2.45, 2.75) is 59.0 Å². The lowest BCUT2D eigenvalue weighted by molar-refractivity contribution is -0.170. The molecular formula is C16H29NO6. The molecule has 0 spiro atoms. The molecule has 0 aliphatic carbocycles. The van der Waals surface area contributed by atoms with Crippen molar-refractivity contribution < 1.29 is 28.5 Å². The van der Waals surface area contributed by atoms with Crippen LogP contribution < -0.4 is 5.32 Å². The number of hydrogen-bond donors (Lipinski definition) is 1. The number of hydrogen-bond acceptors (Lipinski definition) is 6. The van der Waals surface area contributed by atoms with Gasteiger partial charge in [0, 0.05) is 13.2 Å². The highest BCUT2D eigenvalue weighted by Crippen LogP contribution is 2.13. The summed E-state index contributed by atoms with van der Waals surface area (Å²) < 4.78 is 21.1. The summed E-state index contributed by atoms with van der Waals surface area (Å²) in [4.78, 5) is 23.8. The molecule has 0 bridgehead atoms. The van der Waals surface area contributed by atoms with Crippen molar-refractivity contribution in [1.29, 1.82) is 0 Å². The van der Waals surface area contributed by atoms with Gasteiger partial charge in [-0.3, -0.25) is 4.79 Å². The van der Waals surface area contributed by atoms with Gasteiger partial charge >= 0.3 is 12.1 Å². The molecule has 134 valence electrons. The summed E-state index contributed by atoms with van der Waals surface area (Å²) >= 11 is 0. The average molecular weight is 331 g/mol. The van der Waals surface area contributed by atoms with Crippen LogP contribution in [0.25, 0.3) is 0 Å². The normalized spacial score (nSPS) is 12.6. The third-order valence-corrected chi connectivity index (χ3v) is 2.43. The summed E-state index contributed by atoms with van der Waals surface area (Å²) in [6, 6.07) is -0.720. The molecule has 0 radical (unpaired) electrons. The van der Waals surface area contributed by atoms with Gasteiger partial charge in [0.2, 0.25) is 0 Å². The predicted octanol–water partition coefficient (Wildman–Crippen LogP) is 2.40. The van der Waals surface area contributed by atoms with Crippen LogP contribution in [0.3, 0.4) is 0 Å². The highest BCUT2D eigenvalue weighted by molar-refractivity contribution is 5.73. The first-order chi connectivity index (χ1) is 10.7. The maximum Gasteiger partial charge on any atom is 0.407 e. The van der Waals surface area contributed by atoms with E-state index in [4.69, 9.17) is 18.9 Å². The van der Waals surface area contributed by atoms with Crippen LogP contribution in [0.1, 0.15) is 41.0 Å². The van der Waals surface area contributed by atoms with E-state index in [0.29, 0.717) is 13.2 Å². The number of carbonyl (C=O) groups is 2. The van der Waals surface area contributed by atoms with Gasteiger partial charge in [0.05, 0.1) is 12.5 Å². The Morgan fingerprint density at radius 2 is 1.74 bits per heavy atom. The van der Waals surface area contributed by atoms with E-state index in [1.807, 2.05) is 0 Å². The Morgan fingerprint density at radius 1 is 1.17 bits per heavy atom. The van der Waals surface area contributed by atoms with Crippen LogP contribution in [0.4, 0.5) is 4.79 Å². The Kier molecular flexibility index (Phi) is 10.2. The minimum Gasteiger partial charge on any atom is -0.460 e. The minimum absolute atomic E-state index is 0.0684. The maximum atomic E-state index is 12.0. The van der Waals surface area contributed by atoms with E-state index >= 15 is 0 Å². The summed E-state index contributed by atoms with van der Waals surface area (Å²) in [6.45, 7) is 13.2. The molecule has 0 saturated carbocycles. The zero-order valence-corrected chi connectivity index (χ0v) is 14.7. The number of carbonyl (C=O) groups excluding carboxylic acids is 2. The van der Waals surface area contributed by atoms with Crippen LogP contribution in [-0.4, -0.2) is 49.8 Å². The Bertz CT molecular complexity index is 371. The number of alkyl carbamates (subject to hydrolysis) is 1. The molecule has 0 heterocycles. The molecule has 0 saturated heterocycles. The van der Waals surface area contributed by atoms with E-state index < -0.39 is 30.0 Å². The Balaban J connectivity index is 4.91. The summed E-state index contributed by atoms with van der Waals surface area (Å²) in [5, 5.41) is 2.58. The van der Waals surface area contributed by atoms with E-state index in [1.54, 1.807) is 34.6 Å². The second-order valence-corrected chi connectivity index (χ2v) is 5.71. The standard InChI is InChI=1S/C16H29NO6/c1-7-10-22-15(19)17-12(14(20-8-2)21-9-3)11-13(18)23-16(4,5)6/h7,12,14H,1,8-11H2,2-6H3,(H,17,19). The van der Waals surface area contributed by atoms with Gasteiger partial charge in [-0.2, -0.15) is 0 Å². The van der Waals surface area contributed by atoms with E-state index in [1.165, 1.54) is 6.08 Å². The molecule has 0 aliphatic rings. The van der Waals surface area contributed by atoms with E-state index in [-0.39, 0.29) is 13.0 Å². The highest BCUT2D eigenvalue weighted by atomic mass is 16.7. The molecule has 7 heteroatoms. The topological polar surface area (TPSA) is 83.1 Å². The van der Waals surface area contributed by atoms with Crippen molar-refractivity contribution in [2.75, 3.05) is 19.8 Å². The third-order valence-electron chi connectivity index (χ3n) is 2.43. The van der Waals surface area contributed by atoms with E-state index in [0.717, 1.165) is 0 Å². The largest absolute Gasteiger partial charge is 0.460 e. The van der Waals surface area contributed by atoms with Gasteiger partial charge in [-0.15, -0.1) is 0 Å². The lowest BCUT2D eigenvalue weighted by Crippen LogP contribution is -2.48. The smallest absolute Gasteiger partial charge is 0.407 e. The second-order valence-electron chi connectivity index (χ2n) is 5.71. The summed E-state index contributed by atoms with van der Waals surface area (Å²) in [5.74, 6) is -0.462. The quantitative estimate of drug-likeness (QED) is 0.376. The Hall–Kier alpha value is -1.60. The summed E-state index contributed by atoms with van der Waals surface area (Å²) in [5.41, 5.74) is -0.613. The summed E-state index contributed by atoms with van der Waals surface area (Å²) in [7, 11) is 0. The molecule has 1 unspecified atom stereocenters. The zero-order chi connectivity index (χ0) is 17.9. The molecule has 0 aliphatic heterocycles. The van der Waals surface area contributed by atoms with Crippen LogP contribution in [0.5, 0.6) is 0 Å². The number of rotatable bonds is 10. The SMILES string of the molecule is C=CCOC(=O)NC(CC(=O)OC(C)(C)C)C(OCC)OCC. The van der Waals surface area contributed by atoms with Gasteiger partial charge in [0.1, 0.15) is 12.2 Å². The lowest BCUT2D eigenvalue weighted by Gasteiger charge is -2.28. The van der Waals surface area contributed by atoms with Crippen molar-refractivity contribution in [2.24, 2.45) is 0 Å². The predicted molar refractivity (Wildman–Crippen MR) is 86.0 cm³/mol. The zero-order valence-electron chi connectivity index (χ0n) is 14.7. The van der Waals surface area contributed by atoms with Gasteiger partial charge in [-0.25, -0.2) is 4.79 Å². The Labute approximate surface area is 138 Å². The lowest BCUT2D eigenvalue weighted by atomic mass is 10.1. The van der Waals surface area contributed by atoms with Crippen LogP contribution in [0.2, 0.25) is 0 Å². The van der Waals surface area contributed by atoms with Gasteiger partial charge in [-0.1, -0.05) is 12.7 Å². The molecule has 0 aromatic carbocycles. The van der Waals surface area contributed by atoms with Crippen molar-refractivity contribution >= 4 is 12.1 Å². The van der Waals surface area contributed by atoms with Gasteiger partial charge in [0.25, 0.3) is 0 Å². The molecule has 1 N–H and O–H groups in total. The Morgan fingerprint density at radius 3 is 2.17 bits per heavy atom. The molecule has 1 atom stereocenters. The van der Waals surface area contributed by atoms with Crippen LogP contribution in [0.15, 0.2) is 12.7 Å². The third kappa shape index (κ3) is 10.7.